The van der Waals surface area contributed by atoms with Gasteiger partial charge in [-0.3, -0.25) is 4.79 Å². The Kier molecular flexibility index (Phi) is 12.6. The molecule has 2 nitrogen and oxygen atoms in total. The molecule has 2 heteroatoms. The second-order valence-electron chi connectivity index (χ2n) is 2.51. The second kappa shape index (κ2) is 11.8. The summed E-state index contributed by atoms with van der Waals surface area (Å²) >= 11 is 0. The molecular weight excluding hydrogens is 200 g/mol. The van der Waals surface area contributed by atoms with Gasteiger partial charge in [0, 0.05) is 12.0 Å². The average molecular weight is 224 g/mol. The first-order valence-electron chi connectivity index (χ1n) is 5.95. The summed E-state index contributed by atoms with van der Waals surface area (Å²) in [5, 5.41) is 0. The standard InChI is InChI=1S/C10H12O2.2C2H6/c1-3-10(11)8-5-4-6-9(7-8)12-2;2*1-2/h4-7H,3H2,1-2H3;2*1-2H3. The second-order valence-corrected chi connectivity index (χ2v) is 2.51. The molecule has 0 radical (unpaired) electrons. The largest absolute Gasteiger partial charge is 0.497 e. The van der Waals surface area contributed by atoms with Crippen LogP contribution in [0.15, 0.2) is 24.3 Å². The van der Waals surface area contributed by atoms with E-state index in [1.165, 1.54) is 0 Å². The summed E-state index contributed by atoms with van der Waals surface area (Å²) in [4.78, 5) is 11.2. The van der Waals surface area contributed by atoms with Gasteiger partial charge in [0.25, 0.3) is 0 Å². The van der Waals surface area contributed by atoms with Crippen LogP contribution < -0.4 is 4.74 Å². The molecule has 1 rings (SSSR count). The molecule has 1 aromatic rings. The first-order chi connectivity index (χ1) is 7.77. The molecule has 0 saturated carbocycles. The van der Waals surface area contributed by atoms with Gasteiger partial charge < -0.3 is 4.74 Å². The number of Topliss-reactive ketones (excluding diaryl/α,β-unsaturated/α-hetero) is 1. The number of carbonyl (C=O) groups excluding carboxylic acids is 1. The molecule has 0 N–H and O–H groups in total. The van der Waals surface area contributed by atoms with Gasteiger partial charge in [0.15, 0.2) is 5.78 Å². The van der Waals surface area contributed by atoms with E-state index in [0.717, 1.165) is 11.3 Å². The van der Waals surface area contributed by atoms with Crippen molar-refractivity contribution in [2.75, 3.05) is 7.11 Å². The fourth-order valence-electron chi connectivity index (χ4n) is 1.00. The van der Waals surface area contributed by atoms with Gasteiger partial charge in [-0.15, -0.1) is 0 Å². The fourth-order valence-corrected chi connectivity index (χ4v) is 1.00. The van der Waals surface area contributed by atoms with Crippen molar-refractivity contribution in [1.82, 2.24) is 0 Å². The van der Waals surface area contributed by atoms with Gasteiger partial charge in [-0.1, -0.05) is 46.8 Å². The number of ether oxygens (including phenoxy) is 1. The lowest BCUT2D eigenvalue weighted by molar-refractivity contribution is 0.0988. The SMILES string of the molecule is CC.CC.CCC(=O)c1cccc(OC)c1. The Morgan fingerprint density at radius 3 is 2.19 bits per heavy atom. The van der Waals surface area contributed by atoms with E-state index in [1.807, 2.05) is 46.8 Å². The molecule has 1 aromatic carbocycles. The molecule has 0 spiro atoms. The van der Waals surface area contributed by atoms with Gasteiger partial charge >= 0.3 is 0 Å². The Morgan fingerprint density at radius 2 is 1.75 bits per heavy atom. The number of hydrogen-bond acceptors (Lipinski definition) is 2. The highest BCUT2D eigenvalue weighted by atomic mass is 16.5. The Balaban J connectivity index is 0. The van der Waals surface area contributed by atoms with Crippen LogP contribution in [0.4, 0.5) is 0 Å². The highest BCUT2D eigenvalue weighted by Gasteiger charge is 2.02. The number of ketones is 1. The van der Waals surface area contributed by atoms with E-state index < -0.39 is 0 Å². The van der Waals surface area contributed by atoms with Gasteiger partial charge in [-0.25, -0.2) is 0 Å². The monoisotopic (exact) mass is 224 g/mol. The van der Waals surface area contributed by atoms with Gasteiger partial charge in [0.05, 0.1) is 7.11 Å². The molecule has 0 aliphatic rings. The molecule has 0 atom stereocenters. The zero-order chi connectivity index (χ0) is 13.0. The number of hydrogen-bond donors (Lipinski definition) is 0. The number of rotatable bonds is 3. The highest BCUT2D eigenvalue weighted by molar-refractivity contribution is 5.96. The molecule has 0 unspecified atom stereocenters. The normalized spacial score (nSPS) is 7.88. The molecule has 0 aromatic heterocycles. The minimum Gasteiger partial charge on any atom is -0.497 e. The van der Waals surface area contributed by atoms with Crippen LogP contribution in [0.5, 0.6) is 5.75 Å². The first kappa shape index (κ1) is 17.1. The highest BCUT2D eigenvalue weighted by Crippen LogP contribution is 2.13. The summed E-state index contributed by atoms with van der Waals surface area (Å²) in [6.07, 6.45) is 0.535. The van der Waals surface area contributed by atoms with E-state index in [2.05, 4.69) is 0 Å². The van der Waals surface area contributed by atoms with Crippen LogP contribution in [0.3, 0.4) is 0 Å². The minimum atomic E-state index is 0.147. The fraction of sp³-hybridized carbons (Fsp3) is 0.500. The van der Waals surface area contributed by atoms with Crippen LogP contribution in [-0.4, -0.2) is 12.9 Å². The van der Waals surface area contributed by atoms with Gasteiger partial charge in [-0.05, 0) is 12.1 Å². The van der Waals surface area contributed by atoms with E-state index in [4.69, 9.17) is 4.74 Å². The maximum atomic E-state index is 11.2. The van der Waals surface area contributed by atoms with E-state index >= 15 is 0 Å². The predicted molar refractivity (Wildman–Crippen MR) is 70.3 cm³/mol. The smallest absolute Gasteiger partial charge is 0.162 e. The maximum absolute atomic E-state index is 11.2. The Bertz CT molecular complexity index is 280. The summed E-state index contributed by atoms with van der Waals surface area (Å²) in [5.74, 6) is 0.878. The summed E-state index contributed by atoms with van der Waals surface area (Å²) < 4.78 is 5.00. The zero-order valence-electron chi connectivity index (χ0n) is 11.3. The van der Waals surface area contributed by atoms with Gasteiger partial charge in [0.2, 0.25) is 0 Å². The van der Waals surface area contributed by atoms with Crippen LogP contribution in [-0.2, 0) is 0 Å². The lowest BCUT2D eigenvalue weighted by Gasteiger charge is -2.01. The quantitative estimate of drug-likeness (QED) is 0.714. The van der Waals surface area contributed by atoms with Crippen molar-refractivity contribution in [3.05, 3.63) is 29.8 Å². The lowest BCUT2D eigenvalue weighted by Crippen LogP contribution is -1.96. The van der Waals surface area contributed by atoms with Crippen molar-refractivity contribution in [2.45, 2.75) is 41.0 Å². The van der Waals surface area contributed by atoms with E-state index in [-0.39, 0.29) is 5.78 Å². The molecule has 0 amide bonds. The summed E-state index contributed by atoms with van der Waals surface area (Å²) in [7, 11) is 1.59. The van der Waals surface area contributed by atoms with E-state index in [1.54, 1.807) is 19.2 Å². The van der Waals surface area contributed by atoms with Crippen LogP contribution in [0.1, 0.15) is 51.4 Å². The van der Waals surface area contributed by atoms with Crippen molar-refractivity contribution in [2.24, 2.45) is 0 Å². The molecule has 0 bridgehead atoms. The third kappa shape index (κ3) is 6.23. The third-order valence-corrected chi connectivity index (χ3v) is 1.71. The number of methoxy groups -OCH3 is 1. The Morgan fingerprint density at radius 1 is 1.19 bits per heavy atom. The summed E-state index contributed by atoms with van der Waals surface area (Å²) in [6.45, 7) is 9.85. The third-order valence-electron chi connectivity index (χ3n) is 1.71. The van der Waals surface area contributed by atoms with Gasteiger partial charge in [-0.2, -0.15) is 0 Å². The van der Waals surface area contributed by atoms with Crippen molar-refractivity contribution >= 4 is 5.78 Å². The van der Waals surface area contributed by atoms with E-state index in [9.17, 15) is 4.79 Å². The van der Waals surface area contributed by atoms with Crippen LogP contribution in [0, 0.1) is 0 Å². The van der Waals surface area contributed by atoms with Crippen molar-refractivity contribution in [1.29, 1.82) is 0 Å². The molecule has 0 aliphatic heterocycles. The van der Waals surface area contributed by atoms with Gasteiger partial charge in [0.1, 0.15) is 5.75 Å². The first-order valence-corrected chi connectivity index (χ1v) is 5.95. The van der Waals surface area contributed by atoms with Crippen LogP contribution >= 0.6 is 0 Å². The zero-order valence-corrected chi connectivity index (χ0v) is 11.3. The summed E-state index contributed by atoms with van der Waals surface area (Å²) in [5.41, 5.74) is 0.719. The Labute approximate surface area is 99.6 Å². The minimum absolute atomic E-state index is 0.147. The summed E-state index contributed by atoms with van der Waals surface area (Å²) in [6, 6.07) is 7.20. The van der Waals surface area contributed by atoms with Crippen molar-refractivity contribution < 1.29 is 9.53 Å². The van der Waals surface area contributed by atoms with Crippen LogP contribution in [0.25, 0.3) is 0 Å². The molecule has 16 heavy (non-hydrogen) atoms. The Hall–Kier alpha value is -1.31. The topological polar surface area (TPSA) is 26.3 Å². The van der Waals surface area contributed by atoms with Crippen molar-refractivity contribution in [3.8, 4) is 5.75 Å². The average Bonchev–Trinajstić information content (AvgIpc) is 2.42. The van der Waals surface area contributed by atoms with E-state index in [0.29, 0.717) is 6.42 Å². The molecule has 0 saturated heterocycles. The molecule has 0 aliphatic carbocycles. The maximum Gasteiger partial charge on any atom is 0.162 e. The van der Waals surface area contributed by atoms with Crippen LogP contribution in [0.2, 0.25) is 0 Å². The van der Waals surface area contributed by atoms with Crippen molar-refractivity contribution in [3.63, 3.8) is 0 Å². The molecular formula is C14H24O2. The molecule has 92 valence electrons. The lowest BCUT2D eigenvalue weighted by atomic mass is 10.1. The molecule has 0 heterocycles. The number of carbonyl (C=O) groups is 1. The molecule has 0 fully saturated rings. The predicted octanol–water partition coefficient (Wildman–Crippen LogP) is 4.34. The number of benzene rings is 1.